The van der Waals surface area contributed by atoms with Crippen molar-refractivity contribution >= 4 is 66.0 Å². The van der Waals surface area contributed by atoms with Crippen molar-refractivity contribution in [1.29, 1.82) is 0 Å². The molecule has 0 saturated heterocycles. The Labute approximate surface area is 183 Å². The Morgan fingerprint density at radius 3 is 1.90 bits per heavy atom. The van der Waals surface area contributed by atoms with Crippen LogP contribution in [-0.2, 0) is 20.0 Å². The van der Waals surface area contributed by atoms with E-state index >= 15 is 0 Å². The lowest BCUT2D eigenvalue weighted by molar-refractivity contribution is 0.599. The molecule has 0 aliphatic carbocycles. The minimum Gasteiger partial charge on any atom is -0.277 e. The van der Waals surface area contributed by atoms with Gasteiger partial charge in [0, 0.05) is 0 Å². The van der Waals surface area contributed by atoms with Gasteiger partial charge in [0.1, 0.15) is 4.21 Å². The van der Waals surface area contributed by atoms with Crippen LogP contribution in [0.1, 0.15) is 11.1 Å². The van der Waals surface area contributed by atoms with Gasteiger partial charge >= 0.3 is 0 Å². The largest absolute Gasteiger partial charge is 0.277 e. The van der Waals surface area contributed by atoms with Crippen molar-refractivity contribution in [2.24, 2.45) is 0 Å². The average molecular weight is 491 g/mol. The van der Waals surface area contributed by atoms with E-state index in [2.05, 4.69) is 9.44 Å². The maximum atomic E-state index is 12.8. The molecule has 0 aliphatic rings. The van der Waals surface area contributed by atoms with Crippen LogP contribution in [0.15, 0.2) is 56.9 Å². The van der Waals surface area contributed by atoms with Gasteiger partial charge in [0.15, 0.2) is 0 Å². The van der Waals surface area contributed by atoms with Crippen LogP contribution in [0.25, 0.3) is 0 Å². The van der Waals surface area contributed by atoms with Gasteiger partial charge in [-0.25, -0.2) is 16.8 Å². The van der Waals surface area contributed by atoms with E-state index in [0.29, 0.717) is 0 Å². The summed E-state index contributed by atoms with van der Waals surface area (Å²) < 4.78 is 55.7. The van der Waals surface area contributed by atoms with Crippen LogP contribution in [0.5, 0.6) is 0 Å². The van der Waals surface area contributed by atoms with Crippen LogP contribution in [0.2, 0.25) is 10.0 Å². The van der Waals surface area contributed by atoms with Crippen molar-refractivity contribution < 1.29 is 16.8 Å². The molecule has 0 bridgehead atoms. The highest BCUT2D eigenvalue weighted by molar-refractivity contribution is 7.94. The lowest BCUT2D eigenvalue weighted by atomic mass is 10.1. The Bertz CT molecular complexity index is 1270. The number of halogens is 2. The number of nitrogens with one attached hydrogen (secondary N) is 2. The zero-order chi connectivity index (χ0) is 21.4. The molecule has 2 N–H and O–H groups in total. The molecule has 0 unspecified atom stereocenters. The quantitative estimate of drug-likeness (QED) is 0.491. The van der Waals surface area contributed by atoms with Crippen LogP contribution >= 0.6 is 34.5 Å². The van der Waals surface area contributed by atoms with E-state index in [1.54, 1.807) is 24.4 Å². The summed E-state index contributed by atoms with van der Waals surface area (Å²) in [6, 6.07) is 10.2. The Morgan fingerprint density at radius 1 is 0.793 bits per heavy atom. The summed E-state index contributed by atoms with van der Waals surface area (Å²) in [6.07, 6.45) is 0. The van der Waals surface area contributed by atoms with E-state index in [9.17, 15) is 16.8 Å². The second kappa shape index (κ2) is 8.16. The van der Waals surface area contributed by atoms with Crippen molar-refractivity contribution in [2.45, 2.75) is 23.0 Å². The first-order valence-corrected chi connectivity index (χ1v) is 12.8. The molecule has 0 amide bonds. The van der Waals surface area contributed by atoms with Gasteiger partial charge < -0.3 is 0 Å². The molecule has 1 heterocycles. The maximum Gasteiger partial charge on any atom is 0.271 e. The van der Waals surface area contributed by atoms with Gasteiger partial charge in [-0.2, -0.15) is 0 Å². The molecule has 0 atom stereocenters. The monoisotopic (exact) mass is 490 g/mol. The second-order valence-corrected chi connectivity index (χ2v) is 11.6. The van der Waals surface area contributed by atoms with Crippen LogP contribution in [0.3, 0.4) is 0 Å². The fraction of sp³-hybridized carbons (Fsp3) is 0.111. The van der Waals surface area contributed by atoms with Gasteiger partial charge in [-0.15, -0.1) is 11.3 Å². The molecule has 11 heteroatoms. The van der Waals surface area contributed by atoms with Gasteiger partial charge in [-0.1, -0.05) is 35.3 Å². The van der Waals surface area contributed by atoms with Gasteiger partial charge in [0.25, 0.3) is 20.0 Å². The Hall–Kier alpha value is -1.78. The highest BCUT2D eigenvalue weighted by atomic mass is 35.5. The van der Waals surface area contributed by atoms with Crippen molar-refractivity contribution in [1.82, 2.24) is 0 Å². The number of hydrogen-bond donors (Lipinski definition) is 2. The van der Waals surface area contributed by atoms with Crippen molar-refractivity contribution in [3.63, 3.8) is 0 Å². The maximum absolute atomic E-state index is 12.8. The molecule has 154 valence electrons. The van der Waals surface area contributed by atoms with E-state index in [1.807, 2.05) is 6.92 Å². The Kier molecular flexibility index (Phi) is 6.16. The van der Waals surface area contributed by atoms with Gasteiger partial charge in [-0.3, -0.25) is 9.44 Å². The lowest BCUT2D eigenvalue weighted by Gasteiger charge is -2.16. The zero-order valence-electron chi connectivity index (χ0n) is 15.2. The van der Waals surface area contributed by atoms with E-state index in [4.69, 9.17) is 23.2 Å². The summed E-state index contributed by atoms with van der Waals surface area (Å²) >= 11 is 13.1. The summed E-state index contributed by atoms with van der Waals surface area (Å²) in [6.45, 7) is 3.67. The molecular formula is C18H16Cl2N2O4S3. The topological polar surface area (TPSA) is 92.3 Å². The highest BCUT2D eigenvalue weighted by Crippen LogP contribution is 2.35. The van der Waals surface area contributed by atoms with Crippen LogP contribution in [0, 0.1) is 13.8 Å². The molecule has 3 aromatic rings. The number of aryl methyl sites for hydroxylation is 2. The first-order valence-electron chi connectivity index (χ1n) is 8.15. The number of rotatable bonds is 6. The van der Waals surface area contributed by atoms with E-state index < -0.39 is 20.0 Å². The van der Waals surface area contributed by atoms with E-state index in [1.165, 1.54) is 30.3 Å². The molecule has 29 heavy (non-hydrogen) atoms. The Morgan fingerprint density at radius 2 is 1.38 bits per heavy atom. The van der Waals surface area contributed by atoms with Crippen LogP contribution < -0.4 is 9.44 Å². The predicted molar refractivity (Wildman–Crippen MR) is 118 cm³/mol. The molecule has 2 aromatic carbocycles. The summed E-state index contributed by atoms with van der Waals surface area (Å²) in [5.41, 5.74) is 1.67. The number of anilines is 2. The van der Waals surface area contributed by atoms with Gasteiger partial charge in [0.2, 0.25) is 0 Å². The molecule has 0 aliphatic heterocycles. The standard InChI is InChI=1S/C18H16Cl2N2O4S3/c1-11-5-6-13(8-12(11)2)28(23,24)21-16-9-14(19)15(20)10-17(16)22-29(25,26)18-4-3-7-27-18/h3-10,21-22H,1-2H3. The fourth-order valence-electron chi connectivity index (χ4n) is 2.41. The van der Waals surface area contributed by atoms with Gasteiger partial charge in [0.05, 0.1) is 26.3 Å². The minimum absolute atomic E-state index is 0.0405. The third kappa shape index (κ3) is 4.87. The molecule has 0 fully saturated rings. The normalized spacial score (nSPS) is 12.0. The number of sulfonamides is 2. The predicted octanol–water partition coefficient (Wildman–Crippen LogP) is 5.27. The summed E-state index contributed by atoms with van der Waals surface area (Å²) in [5.74, 6) is 0. The smallest absolute Gasteiger partial charge is 0.271 e. The molecule has 3 rings (SSSR count). The summed E-state index contributed by atoms with van der Waals surface area (Å²) in [5, 5.41) is 1.76. The summed E-state index contributed by atoms with van der Waals surface area (Å²) in [7, 11) is -7.92. The first kappa shape index (κ1) is 21.9. The molecule has 1 aromatic heterocycles. The molecule has 6 nitrogen and oxygen atoms in total. The second-order valence-electron chi connectivity index (χ2n) is 6.20. The summed E-state index contributed by atoms with van der Waals surface area (Å²) in [4.78, 5) is 0.0405. The minimum atomic E-state index is -4.00. The third-order valence-corrected chi connectivity index (χ3v) is 8.95. The zero-order valence-corrected chi connectivity index (χ0v) is 19.2. The Balaban J connectivity index is 2.03. The lowest BCUT2D eigenvalue weighted by Crippen LogP contribution is -2.17. The average Bonchev–Trinajstić information content (AvgIpc) is 3.17. The highest BCUT2D eigenvalue weighted by Gasteiger charge is 2.22. The molecule has 0 radical (unpaired) electrons. The van der Waals surface area contributed by atoms with Crippen molar-refractivity contribution in [3.8, 4) is 0 Å². The number of thiophene rings is 1. The van der Waals surface area contributed by atoms with Crippen molar-refractivity contribution in [2.75, 3.05) is 9.44 Å². The van der Waals surface area contributed by atoms with E-state index in [-0.39, 0.29) is 30.5 Å². The number of benzene rings is 2. The first-order chi connectivity index (χ1) is 13.5. The van der Waals surface area contributed by atoms with Gasteiger partial charge in [-0.05, 0) is 60.7 Å². The third-order valence-electron chi connectivity index (χ3n) is 4.10. The molecule has 0 saturated carbocycles. The van der Waals surface area contributed by atoms with Crippen molar-refractivity contribution in [3.05, 3.63) is 69.0 Å². The number of hydrogen-bond acceptors (Lipinski definition) is 5. The molecular weight excluding hydrogens is 475 g/mol. The van der Waals surface area contributed by atoms with E-state index in [0.717, 1.165) is 22.5 Å². The fourth-order valence-corrected chi connectivity index (χ4v) is 5.96. The SMILES string of the molecule is Cc1ccc(S(=O)(=O)Nc2cc(Cl)c(Cl)cc2NS(=O)(=O)c2cccs2)cc1C. The van der Waals surface area contributed by atoms with Crippen LogP contribution in [-0.4, -0.2) is 16.8 Å². The molecule has 0 spiro atoms. The van der Waals surface area contributed by atoms with Crippen LogP contribution in [0.4, 0.5) is 11.4 Å².